The third kappa shape index (κ3) is 14.9. The van der Waals surface area contributed by atoms with Gasteiger partial charge >= 0.3 is 0 Å². The van der Waals surface area contributed by atoms with Crippen molar-refractivity contribution in [3.8, 4) is 116 Å². The van der Waals surface area contributed by atoms with Crippen molar-refractivity contribution in [1.82, 2.24) is 58.6 Å². The van der Waals surface area contributed by atoms with Crippen LogP contribution in [0.3, 0.4) is 0 Å². The molecule has 12 nitrogen and oxygen atoms in total. The first-order valence-corrected chi connectivity index (χ1v) is 49.3. The number of thiazole rings is 3. The van der Waals surface area contributed by atoms with Gasteiger partial charge in [-0.25, -0.2) is 44.9 Å². The number of para-hydroxylation sites is 7. The van der Waals surface area contributed by atoms with Crippen LogP contribution in [0.2, 0.25) is 0 Å². The van der Waals surface area contributed by atoms with E-state index in [4.69, 9.17) is 44.9 Å². The van der Waals surface area contributed by atoms with E-state index < -0.39 is 0 Å². The van der Waals surface area contributed by atoms with Gasteiger partial charge in [0.15, 0.2) is 0 Å². The van der Waals surface area contributed by atoms with Crippen molar-refractivity contribution >= 4 is 163 Å². The monoisotopic (exact) mass is 1820 g/mol. The standard InChI is InChI=1S/3C41H28N4S/c1-2-37-44-40-35(45(37)30-13-7-4-8-14-30)23-22-32-31-15-9-10-16-33(31)42-39(38(32)40)27-19-17-26(18-20-27)29-21-24-36-34(25-29)43-41(46-36)28-11-5-3-6-12-28;1-2-37-44-40-35(45(37)30-13-7-4-8-14-30)24-22-32-31-15-9-10-16-33(31)42-39(38(32)40)27-19-17-26(18-20-27)29-21-23-34-36(25-29)46-41(43-34)28-11-5-3-6-12-28;1-2-37-44-40-35(45(37)30-13-4-3-5-14-30)24-23-32-31-15-6-7-16-33(31)42-39(38(32)40)27-21-19-26(20-22-27)28-11-10-12-29(25-28)41-43-34-17-8-9-18-36(34)46-41/h3*3-25H,2H2,1H3. The third-order valence-corrected chi connectivity index (χ3v) is 29.6. The van der Waals surface area contributed by atoms with Crippen LogP contribution in [0, 0.1) is 0 Å². The molecular formula is C123H84N12S3. The first kappa shape index (κ1) is 82.9. The number of nitrogens with zero attached hydrogens (tertiary/aromatic N) is 12. The molecule has 0 atom stereocenters. The molecule has 0 saturated heterocycles. The minimum Gasteiger partial charge on any atom is -0.296 e. The fraction of sp³-hybridized carbons (Fsp3) is 0.0488. The molecule has 0 fully saturated rings. The summed E-state index contributed by atoms with van der Waals surface area (Å²) in [5.41, 5.74) is 32.1. The normalized spacial score (nSPS) is 11.7. The summed E-state index contributed by atoms with van der Waals surface area (Å²) in [5, 5.41) is 13.3. The van der Waals surface area contributed by atoms with Crippen LogP contribution in [0.5, 0.6) is 0 Å². The number of fused-ring (bicyclic) bond motifs is 18. The molecule has 0 aliphatic carbocycles. The molecule has 654 valence electrons. The average molecular weight is 1830 g/mol. The van der Waals surface area contributed by atoms with E-state index in [-0.39, 0.29) is 0 Å². The second-order valence-corrected chi connectivity index (χ2v) is 37.7. The maximum absolute atomic E-state index is 5.28. The Morgan fingerprint density at radius 1 is 0.188 bits per heavy atom. The van der Waals surface area contributed by atoms with Crippen molar-refractivity contribution in [2.24, 2.45) is 0 Å². The number of hydrogen-bond donors (Lipinski definition) is 0. The minimum atomic E-state index is 0.826. The molecule has 0 unspecified atom stereocenters. The third-order valence-electron chi connectivity index (χ3n) is 26.4. The van der Waals surface area contributed by atoms with Crippen molar-refractivity contribution in [2.75, 3.05) is 0 Å². The van der Waals surface area contributed by atoms with Gasteiger partial charge in [0.05, 0.1) is 97.4 Å². The van der Waals surface area contributed by atoms with Crippen LogP contribution in [0.4, 0.5) is 0 Å². The quantitative estimate of drug-likeness (QED) is 0.0921. The maximum Gasteiger partial charge on any atom is 0.124 e. The summed E-state index contributed by atoms with van der Waals surface area (Å²) in [5.74, 6) is 3.12. The number of aryl methyl sites for hydroxylation is 3. The molecule has 0 aliphatic rings. The summed E-state index contributed by atoms with van der Waals surface area (Å²) in [7, 11) is 0. The lowest BCUT2D eigenvalue weighted by Gasteiger charge is -2.12. The second-order valence-electron chi connectivity index (χ2n) is 34.6. The minimum absolute atomic E-state index is 0.826. The highest BCUT2D eigenvalue weighted by atomic mass is 32.1. The highest BCUT2D eigenvalue weighted by Gasteiger charge is 2.26. The molecule has 0 aliphatic heterocycles. The summed E-state index contributed by atoms with van der Waals surface area (Å²) >= 11 is 5.20. The highest BCUT2D eigenvalue weighted by molar-refractivity contribution is 7.22. The molecule has 27 aromatic rings. The number of benzene rings is 18. The molecule has 0 amide bonds. The maximum atomic E-state index is 5.28. The van der Waals surface area contributed by atoms with Gasteiger partial charge in [0.1, 0.15) is 32.5 Å². The van der Waals surface area contributed by atoms with Crippen molar-refractivity contribution in [1.29, 1.82) is 0 Å². The van der Waals surface area contributed by atoms with Gasteiger partial charge in [-0.05, 0) is 165 Å². The Morgan fingerprint density at radius 2 is 0.486 bits per heavy atom. The smallest absolute Gasteiger partial charge is 0.124 e. The topological polar surface area (TPSA) is 131 Å². The average Bonchev–Trinajstić information content (AvgIpc) is 1.19. The van der Waals surface area contributed by atoms with E-state index >= 15 is 0 Å². The summed E-state index contributed by atoms with van der Waals surface area (Å²) < 4.78 is 10.4. The Kier molecular flexibility index (Phi) is 21.1. The van der Waals surface area contributed by atoms with E-state index in [1.165, 1.54) is 35.8 Å². The zero-order chi connectivity index (χ0) is 91.8. The molecule has 0 N–H and O–H groups in total. The molecule has 15 heteroatoms. The Labute approximate surface area is 807 Å². The molecule has 9 aromatic heterocycles. The van der Waals surface area contributed by atoms with E-state index in [2.05, 4.69) is 435 Å². The van der Waals surface area contributed by atoms with Crippen molar-refractivity contribution in [3.05, 3.63) is 436 Å². The predicted octanol–water partition coefficient (Wildman–Crippen LogP) is 32.7. The van der Waals surface area contributed by atoms with E-state index in [1.807, 2.05) is 18.2 Å². The summed E-state index contributed by atoms with van der Waals surface area (Å²) in [6.07, 6.45) is 2.48. The number of aromatic nitrogens is 12. The summed E-state index contributed by atoms with van der Waals surface area (Å²) in [6.45, 7) is 6.51. The van der Waals surface area contributed by atoms with Crippen LogP contribution in [-0.4, -0.2) is 58.6 Å². The van der Waals surface area contributed by atoms with Crippen molar-refractivity contribution < 1.29 is 0 Å². The fourth-order valence-corrected chi connectivity index (χ4v) is 22.7. The molecule has 0 spiro atoms. The van der Waals surface area contributed by atoms with Crippen LogP contribution in [0.1, 0.15) is 38.2 Å². The molecule has 9 heterocycles. The van der Waals surface area contributed by atoms with Crippen LogP contribution in [-0.2, 0) is 19.3 Å². The SMILES string of the molecule is CCc1nc2c3c(-c4ccc(-c5ccc6nc(-c7ccccc7)sc6c5)cc4)nc4ccccc4c3ccc2n1-c1ccccc1.CCc1nc2c3c(-c4ccc(-c5ccc6sc(-c7ccccc7)nc6c5)cc4)nc4ccccc4c3ccc2n1-c1ccccc1.CCc1nc2c3c(-c4ccc(-c5cccc(-c6nc7ccccc7s6)c5)cc4)nc4ccccc4c3ccc2n1-c1ccccc1. The molecule has 18 aromatic carbocycles. The lowest BCUT2D eigenvalue weighted by molar-refractivity contribution is 0.908. The Bertz CT molecular complexity index is 8980. The van der Waals surface area contributed by atoms with E-state index in [1.54, 1.807) is 34.0 Å². The van der Waals surface area contributed by atoms with Gasteiger partial charge in [-0.1, -0.05) is 324 Å². The van der Waals surface area contributed by atoms with Gasteiger partial charge in [-0.15, -0.1) is 34.0 Å². The van der Waals surface area contributed by atoms with E-state index in [9.17, 15) is 0 Å². The number of hydrogen-bond acceptors (Lipinski definition) is 12. The van der Waals surface area contributed by atoms with Crippen LogP contribution in [0.25, 0.3) is 245 Å². The largest absolute Gasteiger partial charge is 0.296 e. The molecule has 0 saturated carbocycles. The first-order chi connectivity index (χ1) is 68.2. The van der Waals surface area contributed by atoms with Crippen molar-refractivity contribution in [2.45, 2.75) is 40.0 Å². The Hall–Kier alpha value is -17.0. The van der Waals surface area contributed by atoms with Crippen LogP contribution < -0.4 is 0 Å². The highest BCUT2D eigenvalue weighted by Crippen LogP contribution is 2.46. The Balaban J connectivity index is 0.000000110. The van der Waals surface area contributed by atoms with Crippen LogP contribution >= 0.6 is 34.0 Å². The van der Waals surface area contributed by atoms with E-state index in [0.29, 0.717) is 0 Å². The lowest BCUT2D eigenvalue weighted by Crippen LogP contribution is -1.99. The molecular weight excluding hydrogens is 1740 g/mol. The molecule has 27 rings (SSSR count). The number of rotatable bonds is 15. The molecule has 138 heavy (non-hydrogen) atoms. The molecule has 0 bridgehead atoms. The van der Waals surface area contributed by atoms with Gasteiger partial charge in [0.2, 0.25) is 0 Å². The zero-order valence-corrected chi connectivity index (χ0v) is 78.0. The van der Waals surface area contributed by atoms with Crippen LogP contribution in [0.15, 0.2) is 419 Å². The first-order valence-electron chi connectivity index (χ1n) is 46.8. The Morgan fingerprint density at radius 3 is 0.891 bits per heavy atom. The van der Waals surface area contributed by atoms with Gasteiger partial charge in [0.25, 0.3) is 0 Å². The number of imidazole rings is 3. The molecule has 0 radical (unpaired) electrons. The fourth-order valence-electron chi connectivity index (χ4n) is 19.7. The number of pyridine rings is 3. The van der Waals surface area contributed by atoms with Gasteiger partial charge in [0, 0.05) is 102 Å². The van der Waals surface area contributed by atoms with Gasteiger partial charge in [-0.2, -0.15) is 0 Å². The van der Waals surface area contributed by atoms with Crippen molar-refractivity contribution in [3.63, 3.8) is 0 Å². The summed E-state index contributed by atoms with van der Waals surface area (Å²) in [4.78, 5) is 46.4. The predicted molar refractivity (Wildman–Crippen MR) is 578 cm³/mol. The lowest BCUT2D eigenvalue weighted by atomic mass is 9.96. The second kappa shape index (κ2) is 35.1. The van der Waals surface area contributed by atoms with E-state index in [0.717, 1.165) is 246 Å². The summed E-state index contributed by atoms with van der Waals surface area (Å²) in [6, 6.07) is 147. The zero-order valence-electron chi connectivity index (χ0n) is 75.5. The van der Waals surface area contributed by atoms with Gasteiger partial charge in [-0.3, -0.25) is 13.7 Å². The van der Waals surface area contributed by atoms with Gasteiger partial charge < -0.3 is 0 Å².